The first kappa shape index (κ1) is 18.8. The average Bonchev–Trinajstić information content (AvgIpc) is 2.69. The van der Waals surface area contributed by atoms with Gasteiger partial charge in [-0.25, -0.2) is 4.79 Å². The third kappa shape index (κ3) is 4.58. The second-order valence-electron chi connectivity index (χ2n) is 6.93. The van der Waals surface area contributed by atoms with E-state index in [2.05, 4.69) is 39.4 Å². The fourth-order valence-electron chi connectivity index (χ4n) is 3.25. The molecule has 0 aromatic heterocycles. The molecule has 1 fully saturated rings. The van der Waals surface area contributed by atoms with Crippen molar-refractivity contribution >= 4 is 29.4 Å². The summed E-state index contributed by atoms with van der Waals surface area (Å²) in [6, 6.07) is 18.1. The van der Waals surface area contributed by atoms with Gasteiger partial charge in [0.25, 0.3) is 0 Å². The molecular weight excluding hydrogens is 338 g/mol. The average molecular weight is 365 g/mol. The van der Waals surface area contributed by atoms with Gasteiger partial charge in [-0.1, -0.05) is 18.2 Å². The van der Waals surface area contributed by atoms with Gasteiger partial charge < -0.3 is 15.1 Å². The maximum atomic E-state index is 12.2. The molecule has 0 saturated carbocycles. The SMILES string of the molecule is CC(C)NC(=O)N(C=N)c1ccc(N2CCN(c3ccccc3)CC2)cc1. The fourth-order valence-corrected chi connectivity index (χ4v) is 3.25. The molecule has 0 bridgehead atoms. The van der Waals surface area contributed by atoms with Crippen molar-refractivity contribution < 1.29 is 4.79 Å². The van der Waals surface area contributed by atoms with Gasteiger partial charge in [-0.3, -0.25) is 10.3 Å². The minimum atomic E-state index is -0.288. The number of amides is 2. The largest absolute Gasteiger partial charge is 0.368 e. The molecule has 2 amide bonds. The van der Waals surface area contributed by atoms with Crippen molar-refractivity contribution in [3.05, 3.63) is 54.6 Å². The molecule has 0 spiro atoms. The molecule has 1 aliphatic rings. The first-order chi connectivity index (χ1) is 13.1. The van der Waals surface area contributed by atoms with Gasteiger partial charge in [-0.05, 0) is 50.2 Å². The van der Waals surface area contributed by atoms with E-state index in [0.29, 0.717) is 5.69 Å². The number of hydrogen-bond acceptors (Lipinski definition) is 4. The van der Waals surface area contributed by atoms with Crippen LogP contribution in [0.25, 0.3) is 0 Å². The predicted molar refractivity (Wildman–Crippen MR) is 112 cm³/mol. The summed E-state index contributed by atoms with van der Waals surface area (Å²) in [5.74, 6) is 0. The molecule has 0 unspecified atom stereocenters. The molecular formula is C21H27N5O. The van der Waals surface area contributed by atoms with Gasteiger partial charge in [0.05, 0.1) is 12.0 Å². The molecule has 1 saturated heterocycles. The summed E-state index contributed by atoms with van der Waals surface area (Å²) in [6.07, 6.45) is 1.05. The van der Waals surface area contributed by atoms with Crippen LogP contribution in [0, 0.1) is 5.41 Å². The zero-order valence-electron chi connectivity index (χ0n) is 15.9. The molecule has 0 atom stereocenters. The van der Waals surface area contributed by atoms with Crippen LogP contribution in [-0.4, -0.2) is 44.6 Å². The number of carbonyl (C=O) groups excluding carboxylic acids is 1. The van der Waals surface area contributed by atoms with Gasteiger partial charge in [-0.2, -0.15) is 0 Å². The fraction of sp³-hybridized carbons (Fsp3) is 0.333. The Bertz CT molecular complexity index is 752. The summed E-state index contributed by atoms with van der Waals surface area (Å²) in [7, 11) is 0. The highest BCUT2D eigenvalue weighted by Crippen LogP contribution is 2.23. The molecule has 0 aliphatic carbocycles. The Morgan fingerprint density at radius 3 is 1.96 bits per heavy atom. The summed E-state index contributed by atoms with van der Waals surface area (Å²) in [4.78, 5) is 18.3. The predicted octanol–water partition coefficient (Wildman–Crippen LogP) is 3.54. The Hall–Kier alpha value is -3.02. The smallest absolute Gasteiger partial charge is 0.327 e. The summed E-state index contributed by atoms with van der Waals surface area (Å²) >= 11 is 0. The highest BCUT2D eigenvalue weighted by molar-refractivity contribution is 6.06. The molecule has 0 radical (unpaired) electrons. The van der Waals surface area contributed by atoms with Crippen LogP contribution in [0.1, 0.15) is 13.8 Å². The van der Waals surface area contributed by atoms with Gasteiger partial charge in [-0.15, -0.1) is 0 Å². The van der Waals surface area contributed by atoms with Crippen molar-refractivity contribution in [2.24, 2.45) is 0 Å². The number of carbonyl (C=O) groups is 1. The van der Waals surface area contributed by atoms with E-state index in [1.165, 1.54) is 10.6 Å². The van der Waals surface area contributed by atoms with Gasteiger partial charge in [0.2, 0.25) is 0 Å². The van der Waals surface area contributed by atoms with Crippen molar-refractivity contribution in [2.75, 3.05) is 40.9 Å². The summed E-state index contributed by atoms with van der Waals surface area (Å²) in [6.45, 7) is 7.67. The van der Waals surface area contributed by atoms with E-state index in [4.69, 9.17) is 5.41 Å². The molecule has 2 aromatic carbocycles. The Labute approximate surface area is 160 Å². The van der Waals surface area contributed by atoms with Crippen LogP contribution in [0.2, 0.25) is 0 Å². The third-order valence-corrected chi connectivity index (χ3v) is 4.65. The summed E-state index contributed by atoms with van der Waals surface area (Å²) in [5, 5.41) is 10.4. The van der Waals surface area contributed by atoms with Gasteiger partial charge in [0, 0.05) is 43.6 Å². The Morgan fingerprint density at radius 1 is 0.963 bits per heavy atom. The van der Waals surface area contributed by atoms with Crippen LogP contribution in [0.3, 0.4) is 0 Å². The van der Waals surface area contributed by atoms with Crippen LogP contribution in [-0.2, 0) is 0 Å². The zero-order valence-corrected chi connectivity index (χ0v) is 15.9. The van der Waals surface area contributed by atoms with E-state index >= 15 is 0 Å². The Balaban J connectivity index is 1.62. The van der Waals surface area contributed by atoms with Gasteiger partial charge in [0.15, 0.2) is 0 Å². The standard InChI is InChI=1S/C21H27N5O/c1-17(2)23-21(27)26(16-22)20-10-8-19(9-11-20)25-14-12-24(13-15-25)18-6-4-3-5-7-18/h3-11,16-17,22H,12-15H2,1-2H3,(H,23,27). The summed E-state index contributed by atoms with van der Waals surface area (Å²) < 4.78 is 0. The topological polar surface area (TPSA) is 62.7 Å². The molecule has 2 aromatic rings. The lowest BCUT2D eigenvalue weighted by molar-refractivity contribution is 0.247. The highest BCUT2D eigenvalue weighted by Gasteiger charge is 2.18. The van der Waals surface area contributed by atoms with Crippen LogP contribution < -0.4 is 20.0 Å². The molecule has 6 heteroatoms. The van der Waals surface area contributed by atoms with E-state index in [-0.39, 0.29) is 12.1 Å². The molecule has 27 heavy (non-hydrogen) atoms. The van der Waals surface area contributed by atoms with E-state index in [1.54, 1.807) is 0 Å². The lowest BCUT2D eigenvalue weighted by Crippen LogP contribution is -2.46. The number of hydrogen-bond donors (Lipinski definition) is 2. The first-order valence-corrected chi connectivity index (χ1v) is 9.34. The molecule has 6 nitrogen and oxygen atoms in total. The van der Waals surface area contributed by atoms with Crippen LogP contribution >= 0.6 is 0 Å². The summed E-state index contributed by atoms with van der Waals surface area (Å²) in [5.41, 5.74) is 3.10. The minimum Gasteiger partial charge on any atom is -0.368 e. The molecule has 1 heterocycles. The van der Waals surface area contributed by atoms with Crippen LogP contribution in [0.4, 0.5) is 21.9 Å². The van der Waals surface area contributed by atoms with E-state index in [1.807, 2.05) is 44.2 Å². The second kappa shape index (κ2) is 8.58. The number of nitrogens with one attached hydrogen (secondary N) is 2. The van der Waals surface area contributed by atoms with Crippen molar-refractivity contribution in [1.29, 1.82) is 5.41 Å². The Morgan fingerprint density at radius 2 is 1.48 bits per heavy atom. The normalized spacial score (nSPS) is 14.2. The van der Waals surface area contributed by atoms with Crippen molar-refractivity contribution in [3.8, 4) is 0 Å². The van der Waals surface area contributed by atoms with Crippen molar-refractivity contribution in [3.63, 3.8) is 0 Å². The number of nitrogens with zero attached hydrogens (tertiary/aromatic N) is 3. The van der Waals surface area contributed by atoms with Crippen LogP contribution in [0.5, 0.6) is 0 Å². The zero-order chi connectivity index (χ0) is 19.2. The second-order valence-corrected chi connectivity index (χ2v) is 6.93. The van der Waals surface area contributed by atoms with Gasteiger partial charge >= 0.3 is 6.03 Å². The molecule has 2 N–H and O–H groups in total. The molecule has 1 aliphatic heterocycles. The van der Waals surface area contributed by atoms with E-state index in [0.717, 1.165) is 38.2 Å². The van der Waals surface area contributed by atoms with Crippen molar-refractivity contribution in [1.82, 2.24) is 5.32 Å². The Kier molecular flexibility index (Phi) is 5.96. The van der Waals surface area contributed by atoms with E-state index in [9.17, 15) is 4.79 Å². The number of piperazine rings is 1. The number of benzene rings is 2. The maximum Gasteiger partial charge on any atom is 0.327 e. The van der Waals surface area contributed by atoms with Crippen LogP contribution in [0.15, 0.2) is 54.6 Å². The monoisotopic (exact) mass is 365 g/mol. The third-order valence-electron chi connectivity index (χ3n) is 4.65. The number of urea groups is 1. The number of anilines is 3. The first-order valence-electron chi connectivity index (χ1n) is 9.34. The molecule has 3 rings (SSSR count). The van der Waals surface area contributed by atoms with E-state index < -0.39 is 0 Å². The number of rotatable bonds is 5. The lowest BCUT2D eigenvalue weighted by atomic mass is 10.2. The van der Waals surface area contributed by atoms with Crippen molar-refractivity contribution in [2.45, 2.75) is 19.9 Å². The van der Waals surface area contributed by atoms with Gasteiger partial charge in [0.1, 0.15) is 0 Å². The maximum absolute atomic E-state index is 12.2. The number of para-hydroxylation sites is 1. The lowest BCUT2D eigenvalue weighted by Gasteiger charge is -2.37. The highest BCUT2D eigenvalue weighted by atomic mass is 16.2. The minimum absolute atomic E-state index is 0.0279. The molecule has 142 valence electrons. The quantitative estimate of drug-likeness (QED) is 0.629.